The Morgan fingerprint density at radius 3 is 2.46 bits per heavy atom. The Labute approximate surface area is 144 Å². The maximum Gasteiger partial charge on any atom is 0.102 e. The van der Waals surface area contributed by atoms with Crippen LogP contribution in [0.1, 0.15) is 47.1 Å². The predicted molar refractivity (Wildman–Crippen MR) is 99.5 cm³/mol. The van der Waals surface area contributed by atoms with E-state index in [4.69, 9.17) is 0 Å². The van der Waals surface area contributed by atoms with Crippen molar-refractivity contribution in [3.8, 4) is 17.2 Å². The van der Waals surface area contributed by atoms with Crippen molar-refractivity contribution in [1.82, 2.24) is 0 Å². The van der Waals surface area contributed by atoms with Crippen LogP contribution in [-0.2, 0) is 12.8 Å². The molecule has 4 rings (SSSR count). The van der Waals surface area contributed by atoms with E-state index in [1.807, 2.05) is 0 Å². The zero-order valence-corrected chi connectivity index (χ0v) is 14.7. The molecule has 0 N–H and O–H groups in total. The van der Waals surface area contributed by atoms with Crippen molar-refractivity contribution in [2.75, 3.05) is 18.0 Å². The number of piperidine rings is 1. The lowest BCUT2D eigenvalue weighted by molar-refractivity contribution is 0.575. The molecule has 2 nitrogen and oxygen atoms in total. The smallest absolute Gasteiger partial charge is 0.102 e. The fraction of sp³-hybridized carbons (Fsp3) is 0.409. The van der Waals surface area contributed by atoms with Gasteiger partial charge in [0.2, 0.25) is 0 Å². The third kappa shape index (κ3) is 2.23. The van der Waals surface area contributed by atoms with Gasteiger partial charge in [-0.15, -0.1) is 0 Å². The highest BCUT2D eigenvalue weighted by molar-refractivity contribution is 5.86. The minimum absolute atomic E-state index is 0.910. The first-order chi connectivity index (χ1) is 11.7. The number of nitriles is 1. The van der Waals surface area contributed by atoms with Gasteiger partial charge in [0.05, 0.1) is 11.3 Å². The Balaban J connectivity index is 2.01. The van der Waals surface area contributed by atoms with Crippen molar-refractivity contribution < 1.29 is 0 Å². The van der Waals surface area contributed by atoms with Crippen LogP contribution in [0.15, 0.2) is 24.3 Å². The second kappa shape index (κ2) is 5.98. The fourth-order valence-electron chi connectivity index (χ4n) is 4.50. The molecular formula is C22H24N2. The highest BCUT2D eigenvalue weighted by atomic mass is 15.1. The molecule has 0 aromatic heterocycles. The lowest BCUT2D eigenvalue weighted by Gasteiger charge is -2.35. The molecule has 1 fully saturated rings. The lowest BCUT2D eigenvalue weighted by atomic mass is 9.79. The molecule has 0 atom stereocenters. The highest BCUT2D eigenvalue weighted by Crippen LogP contribution is 2.44. The number of anilines is 1. The SMILES string of the molecule is Cc1c(C)c2c(c(N3CCCCC3)c1C#N)CCc1ccccc1-2. The molecule has 122 valence electrons. The van der Waals surface area contributed by atoms with Gasteiger partial charge in [0.1, 0.15) is 6.07 Å². The van der Waals surface area contributed by atoms with Gasteiger partial charge < -0.3 is 4.90 Å². The molecule has 2 aromatic carbocycles. The number of rotatable bonds is 1. The third-order valence-electron chi connectivity index (χ3n) is 5.85. The van der Waals surface area contributed by atoms with Crippen LogP contribution in [0.3, 0.4) is 0 Å². The van der Waals surface area contributed by atoms with Crippen LogP contribution in [-0.4, -0.2) is 13.1 Å². The summed E-state index contributed by atoms with van der Waals surface area (Å²) in [5.74, 6) is 0. The van der Waals surface area contributed by atoms with Crippen molar-refractivity contribution >= 4 is 5.69 Å². The molecule has 1 aliphatic heterocycles. The topological polar surface area (TPSA) is 27.0 Å². The number of hydrogen-bond acceptors (Lipinski definition) is 2. The van der Waals surface area contributed by atoms with Gasteiger partial charge in [-0.25, -0.2) is 0 Å². The number of benzene rings is 2. The average Bonchev–Trinajstić information content (AvgIpc) is 2.64. The van der Waals surface area contributed by atoms with Gasteiger partial charge in [0, 0.05) is 13.1 Å². The van der Waals surface area contributed by atoms with Gasteiger partial charge in [-0.05, 0) is 79.3 Å². The maximum absolute atomic E-state index is 9.87. The van der Waals surface area contributed by atoms with E-state index in [9.17, 15) is 5.26 Å². The van der Waals surface area contributed by atoms with E-state index < -0.39 is 0 Å². The van der Waals surface area contributed by atoms with Crippen LogP contribution < -0.4 is 4.90 Å². The third-order valence-corrected chi connectivity index (χ3v) is 5.85. The average molecular weight is 316 g/mol. The van der Waals surface area contributed by atoms with Crippen LogP contribution in [0.25, 0.3) is 11.1 Å². The minimum Gasteiger partial charge on any atom is -0.370 e. The molecule has 0 spiro atoms. The van der Waals surface area contributed by atoms with E-state index in [0.717, 1.165) is 37.1 Å². The van der Waals surface area contributed by atoms with Gasteiger partial charge in [0.15, 0.2) is 0 Å². The lowest BCUT2D eigenvalue weighted by Crippen LogP contribution is -2.32. The number of hydrogen-bond donors (Lipinski definition) is 0. The molecule has 1 saturated heterocycles. The standard InChI is InChI=1S/C22H24N2/c1-15-16(2)21-18-9-5-4-8-17(18)10-11-19(21)22(20(15)14-23)24-12-6-3-7-13-24/h4-5,8-9H,3,6-7,10-13H2,1-2H3. The zero-order chi connectivity index (χ0) is 16.7. The Morgan fingerprint density at radius 2 is 1.71 bits per heavy atom. The first-order valence-corrected chi connectivity index (χ1v) is 9.11. The Hall–Kier alpha value is -2.27. The van der Waals surface area contributed by atoms with E-state index in [0.29, 0.717) is 0 Å². The van der Waals surface area contributed by atoms with Crippen molar-refractivity contribution in [3.63, 3.8) is 0 Å². The summed E-state index contributed by atoms with van der Waals surface area (Å²) in [5, 5.41) is 9.87. The normalized spacial score (nSPS) is 16.3. The molecule has 24 heavy (non-hydrogen) atoms. The van der Waals surface area contributed by atoms with Crippen molar-refractivity contribution in [2.45, 2.75) is 46.0 Å². The minimum atomic E-state index is 0.910. The van der Waals surface area contributed by atoms with Crippen molar-refractivity contribution in [2.24, 2.45) is 0 Å². The maximum atomic E-state index is 9.87. The Bertz CT molecular complexity index is 836. The fourth-order valence-corrected chi connectivity index (χ4v) is 4.50. The number of fused-ring (bicyclic) bond motifs is 3. The number of nitrogens with zero attached hydrogens (tertiary/aromatic N) is 2. The summed E-state index contributed by atoms with van der Waals surface area (Å²) < 4.78 is 0. The molecular weight excluding hydrogens is 292 g/mol. The second-order valence-electron chi connectivity index (χ2n) is 7.14. The first-order valence-electron chi connectivity index (χ1n) is 9.11. The molecule has 2 aromatic rings. The van der Waals surface area contributed by atoms with E-state index in [-0.39, 0.29) is 0 Å². The molecule has 1 heterocycles. The van der Waals surface area contributed by atoms with Crippen LogP contribution in [0.4, 0.5) is 5.69 Å². The summed E-state index contributed by atoms with van der Waals surface area (Å²) in [5.41, 5.74) is 10.2. The summed E-state index contributed by atoms with van der Waals surface area (Å²) in [4.78, 5) is 2.49. The summed E-state index contributed by atoms with van der Waals surface area (Å²) in [6.45, 7) is 6.49. The summed E-state index contributed by atoms with van der Waals surface area (Å²) >= 11 is 0. The Morgan fingerprint density at radius 1 is 0.958 bits per heavy atom. The van der Waals surface area contributed by atoms with E-state index in [2.05, 4.69) is 49.1 Å². The van der Waals surface area contributed by atoms with E-state index in [1.165, 1.54) is 52.8 Å². The van der Waals surface area contributed by atoms with Gasteiger partial charge in [-0.3, -0.25) is 0 Å². The zero-order valence-electron chi connectivity index (χ0n) is 14.7. The Kier molecular flexibility index (Phi) is 3.81. The van der Waals surface area contributed by atoms with Crippen molar-refractivity contribution in [3.05, 3.63) is 52.1 Å². The van der Waals surface area contributed by atoms with Gasteiger partial charge in [-0.1, -0.05) is 24.3 Å². The molecule has 0 bridgehead atoms. The van der Waals surface area contributed by atoms with Crippen LogP contribution in [0, 0.1) is 25.2 Å². The highest BCUT2D eigenvalue weighted by Gasteiger charge is 2.28. The quantitative estimate of drug-likeness (QED) is 0.746. The summed E-state index contributed by atoms with van der Waals surface area (Å²) in [7, 11) is 0. The van der Waals surface area contributed by atoms with Gasteiger partial charge in [-0.2, -0.15) is 5.26 Å². The van der Waals surface area contributed by atoms with Crippen LogP contribution in [0.2, 0.25) is 0 Å². The number of aryl methyl sites for hydroxylation is 1. The van der Waals surface area contributed by atoms with Crippen molar-refractivity contribution in [1.29, 1.82) is 5.26 Å². The summed E-state index contributed by atoms with van der Waals surface area (Å²) in [6, 6.07) is 11.3. The molecule has 0 saturated carbocycles. The largest absolute Gasteiger partial charge is 0.370 e. The first kappa shape index (κ1) is 15.3. The molecule has 0 amide bonds. The summed E-state index contributed by atoms with van der Waals surface area (Å²) in [6.07, 6.45) is 5.92. The van der Waals surface area contributed by atoms with Gasteiger partial charge in [0.25, 0.3) is 0 Å². The molecule has 2 aliphatic rings. The monoisotopic (exact) mass is 316 g/mol. The van der Waals surface area contributed by atoms with Crippen LogP contribution in [0.5, 0.6) is 0 Å². The molecule has 1 aliphatic carbocycles. The van der Waals surface area contributed by atoms with E-state index in [1.54, 1.807) is 0 Å². The predicted octanol–water partition coefficient (Wildman–Crippen LogP) is 4.93. The molecule has 0 unspecified atom stereocenters. The molecule has 0 radical (unpaired) electrons. The second-order valence-corrected chi connectivity index (χ2v) is 7.14. The van der Waals surface area contributed by atoms with Gasteiger partial charge >= 0.3 is 0 Å². The molecule has 2 heteroatoms. The van der Waals surface area contributed by atoms with Crippen LogP contribution >= 0.6 is 0 Å². The van der Waals surface area contributed by atoms with E-state index >= 15 is 0 Å².